The van der Waals surface area contributed by atoms with Crippen molar-refractivity contribution < 1.29 is 14.7 Å². The fourth-order valence-electron chi connectivity index (χ4n) is 2.70. The van der Waals surface area contributed by atoms with Gasteiger partial charge in [-0.05, 0) is 18.9 Å². The number of carboxylic acids is 1. The van der Waals surface area contributed by atoms with Crippen molar-refractivity contribution in [2.45, 2.75) is 32.2 Å². The van der Waals surface area contributed by atoms with Gasteiger partial charge in [0.05, 0.1) is 0 Å². The molecule has 100 valence electrons. The van der Waals surface area contributed by atoms with E-state index in [2.05, 4.69) is 6.58 Å². The average Bonchev–Trinajstić information content (AvgIpc) is 2.66. The van der Waals surface area contributed by atoms with Crippen molar-refractivity contribution in [2.24, 2.45) is 0 Å². The summed E-state index contributed by atoms with van der Waals surface area (Å²) in [5.74, 6) is -1.26. The van der Waals surface area contributed by atoms with Crippen molar-refractivity contribution in [1.82, 2.24) is 4.90 Å². The van der Waals surface area contributed by atoms with E-state index in [9.17, 15) is 14.7 Å². The van der Waals surface area contributed by atoms with Gasteiger partial charge in [-0.15, -0.1) is 0 Å². The Morgan fingerprint density at radius 1 is 1.26 bits per heavy atom. The van der Waals surface area contributed by atoms with E-state index in [0.717, 1.165) is 5.56 Å². The lowest BCUT2D eigenvalue weighted by molar-refractivity contribution is -0.148. The van der Waals surface area contributed by atoms with Gasteiger partial charge in [-0.1, -0.05) is 38.6 Å². The van der Waals surface area contributed by atoms with Crippen molar-refractivity contribution in [2.75, 3.05) is 0 Å². The quantitative estimate of drug-likeness (QED) is 0.904. The highest BCUT2D eigenvalue weighted by Gasteiger charge is 2.49. The number of carboxylic acid groups (broad SMARTS) is 1. The number of benzene rings is 1. The summed E-state index contributed by atoms with van der Waals surface area (Å²) in [5.41, 5.74) is 0.513. The van der Waals surface area contributed by atoms with Crippen LogP contribution in [0.2, 0.25) is 0 Å². The van der Waals surface area contributed by atoms with E-state index in [1.165, 1.54) is 4.90 Å². The van der Waals surface area contributed by atoms with Crippen LogP contribution in [0.1, 0.15) is 42.6 Å². The summed E-state index contributed by atoms with van der Waals surface area (Å²) in [6.07, 6.45) is 0.690. The minimum absolute atomic E-state index is 0.272. The highest BCUT2D eigenvalue weighted by molar-refractivity contribution is 6.11. The van der Waals surface area contributed by atoms with Gasteiger partial charge in [-0.2, -0.15) is 0 Å². The summed E-state index contributed by atoms with van der Waals surface area (Å²) in [7, 11) is 0. The Hall–Kier alpha value is -2.10. The van der Waals surface area contributed by atoms with Gasteiger partial charge in [0.15, 0.2) is 0 Å². The van der Waals surface area contributed by atoms with E-state index in [4.69, 9.17) is 0 Å². The van der Waals surface area contributed by atoms with Crippen LogP contribution in [0, 0.1) is 0 Å². The predicted octanol–water partition coefficient (Wildman–Crippen LogP) is 2.76. The lowest BCUT2D eigenvalue weighted by Crippen LogP contribution is -2.53. The molecule has 1 aliphatic rings. The van der Waals surface area contributed by atoms with Gasteiger partial charge in [0.25, 0.3) is 5.91 Å². The zero-order valence-electron chi connectivity index (χ0n) is 11.1. The summed E-state index contributed by atoms with van der Waals surface area (Å²) in [5, 5.41) is 9.56. The number of aliphatic carboxylic acids is 1. The maximum absolute atomic E-state index is 12.5. The number of carbonyl (C=O) groups is 2. The first-order valence-electron chi connectivity index (χ1n) is 6.35. The molecule has 1 heterocycles. The molecule has 0 aromatic heterocycles. The molecule has 4 heteroatoms. The van der Waals surface area contributed by atoms with Crippen LogP contribution in [0.3, 0.4) is 0 Å². The van der Waals surface area contributed by atoms with E-state index < -0.39 is 11.5 Å². The predicted molar refractivity (Wildman–Crippen MR) is 72.6 cm³/mol. The van der Waals surface area contributed by atoms with Crippen molar-refractivity contribution in [1.29, 1.82) is 0 Å². The summed E-state index contributed by atoms with van der Waals surface area (Å²) in [6, 6.07) is 7.10. The zero-order valence-corrected chi connectivity index (χ0v) is 11.1. The number of fused-ring (bicyclic) bond motifs is 1. The number of rotatable bonds is 4. The third-order valence-corrected chi connectivity index (χ3v) is 3.94. The number of amides is 1. The third kappa shape index (κ3) is 1.67. The molecule has 1 aromatic carbocycles. The molecule has 0 spiro atoms. The van der Waals surface area contributed by atoms with E-state index in [0.29, 0.717) is 24.1 Å². The second kappa shape index (κ2) is 4.53. The Morgan fingerprint density at radius 3 is 2.21 bits per heavy atom. The molecule has 0 saturated heterocycles. The van der Waals surface area contributed by atoms with Crippen LogP contribution in [-0.4, -0.2) is 27.4 Å². The van der Waals surface area contributed by atoms with E-state index >= 15 is 0 Å². The molecule has 0 unspecified atom stereocenters. The molecule has 2 rings (SSSR count). The van der Waals surface area contributed by atoms with E-state index in [-0.39, 0.29) is 5.91 Å². The van der Waals surface area contributed by atoms with Crippen LogP contribution in [0.5, 0.6) is 0 Å². The Labute approximate surface area is 112 Å². The molecule has 1 aliphatic heterocycles. The number of nitrogens with zero attached hydrogens (tertiary/aromatic N) is 1. The molecule has 19 heavy (non-hydrogen) atoms. The summed E-state index contributed by atoms with van der Waals surface area (Å²) in [6.45, 7) is 7.47. The van der Waals surface area contributed by atoms with E-state index in [1.807, 2.05) is 6.07 Å². The van der Waals surface area contributed by atoms with Gasteiger partial charge in [-0.3, -0.25) is 9.69 Å². The smallest absolute Gasteiger partial charge is 0.329 e. The Kier molecular flexibility index (Phi) is 3.18. The van der Waals surface area contributed by atoms with Gasteiger partial charge < -0.3 is 5.11 Å². The fraction of sp³-hybridized carbons (Fsp3) is 0.333. The maximum atomic E-state index is 12.5. The van der Waals surface area contributed by atoms with Gasteiger partial charge in [0, 0.05) is 16.8 Å². The second-order valence-corrected chi connectivity index (χ2v) is 4.68. The van der Waals surface area contributed by atoms with Gasteiger partial charge >= 0.3 is 5.97 Å². The summed E-state index contributed by atoms with van der Waals surface area (Å²) in [4.78, 5) is 25.5. The molecule has 0 aliphatic carbocycles. The molecule has 4 nitrogen and oxygen atoms in total. The van der Waals surface area contributed by atoms with Crippen LogP contribution >= 0.6 is 0 Å². The van der Waals surface area contributed by atoms with Crippen LogP contribution in [0.4, 0.5) is 0 Å². The van der Waals surface area contributed by atoms with Crippen LogP contribution in [0.25, 0.3) is 5.70 Å². The average molecular weight is 259 g/mol. The second-order valence-electron chi connectivity index (χ2n) is 4.68. The lowest BCUT2D eigenvalue weighted by atomic mass is 9.90. The number of carbonyl (C=O) groups excluding carboxylic acids is 1. The Bertz CT molecular complexity index is 523. The molecule has 1 N–H and O–H groups in total. The largest absolute Gasteiger partial charge is 0.479 e. The Balaban J connectivity index is 2.57. The topological polar surface area (TPSA) is 57.6 Å². The number of hydrogen-bond acceptors (Lipinski definition) is 2. The van der Waals surface area contributed by atoms with E-state index in [1.54, 1.807) is 32.0 Å². The normalized spacial score (nSPS) is 14.7. The first-order chi connectivity index (χ1) is 8.99. The summed E-state index contributed by atoms with van der Waals surface area (Å²) >= 11 is 0. The fourth-order valence-corrected chi connectivity index (χ4v) is 2.70. The highest BCUT2D eigenvalue weighted by atomic mass is 16.4. The lowest BCUT2D eigenvalue weighted by Gasteiger charge is -2.37. The molecule has 0 saturated carbocycles. The van der Waals surface area contributed by atoms with Crippen molar-refractivity contribution in [3.8, 4) is 0 Å². The zero-order chi connectivity index (χ0) is 14.2. The first-order valence-corrected chi connectivity index (χ1v) is 6.35. The molecular formula is C15H17NO3. The van der Waals surface area contributed by atoms with Crippen molar-refractivity contribution in [3.05, 3.63) is 42.0 Å². The van der Waals surface area contributed by atoms with Crippen molar-refractivity contribution in [3.63, 3.8) is 0 Å². The standard InChI is InChI=1S/C15H17NO3/c1-4-15(5-2,14(18)19)16-10(3)11-8-6-7-9-12(11)13(16)17/h6-9H,3-5H2,1-2H3,(H,18,19). The molecule has 0 bridgehead atoms. The molecule has 0 fully saturated rings. The third-order valence-electron chi connectivity index (χ3n) is 3.94. The molecule has 1 amide bonds. The van der Waals surface area contributed by atoms with Crippen molar-refractivity contribution >= 4 is 17.6 Å². The monoisotopic (exact) mass is 259 g/mol. The summed E-state index contributed by atoms with van der Waals surface area (Å²) < 4.78 is 0. The molecule has 1 aromatic rings. The highest BCUT2D eigenvalue weighted by Crippen LogP contribution is 2.39. The van der Waals surface area contributed by atoms with Gasteiger partial charge in [0.2, 0.25) is 0 Å². The number of hydrogen-bond donors (Lipinski definition) is 1. The molecule has 0 atom stereocenters. The molecule has 0 radical (unpaired) electrons. The Morgan fingerprint density at radius 2 is 1.79 bits per heavy atom. The SMILES string of the molecule is C=C1c2ccccc2C(=O)N1C(CC)(CC)C(=O)O. The van der Waals surface area contributed by atoms with Gasteiger partial charge in [-0.25, -0.2) is 4.79 Å². The maximum Gasteiger partial charge on any atom is 0.329 e. The minimum atomic E-state index is -1.22. The molecular weight excluding hydrogens is 242 g/mol. The van der Waals surface area contributed by atoms with Crippen LogP contribution < -0.4 is 0 Å². The van der Waals surface area contributed by atoms with Gasteiger partial charge in [0.1, 0.15) is 5.54 Å². The van der Waals surface area contributed by atoms with Crippen LogP contribution in [0.15, 0.2) is 30.8 Å². The minimum Gasteiger partial charge on any atom is -0.479 e. The first kappa shape index (κ1) is 13.3. The van der Waals surface area contributed by atoms with Crippen LogP contribution in [-0.2, 0) is 4.79 Å².